The van der Waals surface area contributed by atoms with Crippen molar-refractivity contribution in [1.29, 1.82) is 0 Å². The highest BCUT2D eigenvalue weighted by atomic mass is 35.5. The van der Waals surface area contributed by atoms with E-state index in [0.29, 0.717) is 5.56 Å². The Balaban J connectivity index is 2.46. The highest BCUT2D eigenvalue weighted by Gasteiger charge is 2.15. The van der Waals surface area contributed by atoms with E-state index in [1.165, 1.54) is 12.3 Å². The first-order valence-corrected chi connectivity index (χ1v) is 5.89. The van der Waals surface area contributed by atoms with Crippen molar-refractivity contribution in [3.8, 4) is 0 Å². The van der Waals surface area contributed by atoms with Crippen LogP contribution >= 0.6 is 23.2 Å². The molecule has 1 aromatic carbocycles. The lowest BCUT2D eigenvalue weighted by atomic mass is 10.2. The maximum absolute atomic E-state index is 11.8. The third kappa shape index (κ3) is 2.74. The van der Waals surface area contributed by atoms with E-state index in [4.69, 9.17) is 23.2 Å². The number of para-hydroxylation sites is 1. The van der Waals surface area contributed by atoms with E-state index in [0.717, 1.165) is 4.68 Å². The summed E-state index contributed by atoms with van der Waals surface area (Å²) < 4.78 is 1.02. The van der Waals surface area contributed by atoms with Gasteiger partial charge in [-0.3, -0.25) is 14.9 Å². The fourth-order valence-electron chi connectivity index (χ4n) is 1.54. The van der Waals surface area contributed by atoms with Gasteiger partial charge in [0.1, 0.15) is 5.02 Å². The van der Waals surface area contributed by atoms with Crippen LogP contribution in [0.3, 0.4) is 0 Å². The van der Waals surface area contributed by atoms with Crippen LogP contribution in [0.15, 0.2) is 35.3 Å². The molecule has 0 unspecified atom stereocenters. The molecule has 0 amide bonds. The van der Waals surface area contributed by atoms with Gasteiger partial charge < -0.3 is 0 Å². The molecule has 0 aliphatic carbocycles. The Labute approximate surface area is 117 Å². The minimum Gasteiger partial charge on any atom is -0.266 e. The highest BCUT2D eigenvalue weighted by Crippen LogP contribution is 2.19. The molecule has 1 aromatic heterocycles. The van der Waals surface area contributed by atoms with Crippen molar-refractivity contribution in [3.63, 3.8) is 0 Å². The zero-order chi connectivity index (χ0) is 14.0. The van der Waals surface area contributed by atoms with Gasteiger partial charge in [0.15, 0.2) is 0 Å². The quantitative estimate of drug-likeness (QED) is 0.644. The Morgan fingerprint density at radius 1 is 1.32 bits per heavy atom. The smallest absolute Gasteiger partial charge is 0.266 e. The molecule has 2 aromatic rings. The number of nitro benzene ring substituents is 1. The van der Waals surface area contributed by atoms with Crippen LogP contribution in [-0.2, 0) is 6.54 Å². The lowest BCUT2D eigenvalue weighted by Crippen LogP contribution is -2.24. The van der Waals surface area contributed by atoms with Gasteiger partial charge in [0.05, 0.1) is 28.3 Å². The predicted octanol–water partition coefficient (Wildman–Crippen LogP) is 2.51. The van der Waals surface area contributed by atoms with Gasteiger partial charge in [-0.2, -0.15) is 5.10 Å². The fourth-order valence-corrected chi connectivity index (χ4v) is 1.81. The zero-order valence-electron chi connectivity index (χ0n) is 9.42. The maximum Gasteiger partial charge on any atom is 0.287 e. The monoisotopic (exact) mass is 299 g/mol. The van der Waals surface area contributed by atoms with E-state index >= 15 is 0 Å². The second-order valence-corrected chi connectivity index (χ2v) is 4.44. The Kier molecular flexibility index (Phi) is 3.82. The van der Waals surface area contributed by atoms with Crippen molar-refractivity contribution in [2.75, 3.05) is 0 Å². The van der Waals surface area contributed by atoms with Gasteiger partial charge >= 0.3 is 0 Å². The Bertz CT molecular complexity index is 700. The fraction of sp³-hybridized carbons (Fsp3) is 0.0909. The lowest BCUT2D eigenvalue weighted by Gasteiger charge is -2.06. The summed E-state index contributed by atoms with van der Waals surface area (Å²) in [4.78, 5) is 22.1. The summed E-state index contributed by atoms with van der Waals surface area (Å²) in [5.74, 6) is 0. The Hall–Kier alpha value is -1.92. The predicted molar refractivity (Wildman–Crippen MR) is 70.7 cm³/mol. The molecule has 0 saturated carbocycles. The van der Waals surface area contributed by atoms with Gasteiger partial charge in [-0.1, -0.05) is 41.4 Å². The molecule has 0 N–H and O–H groups in total. The minimum atomic E-state index is -0.590. The molecule has 0 atom stereocenters. The molecule has 0 aliphatic heterocycles. The van der Waals surface area contributed by atoms with Crippen LogP contribution in [0.25, 0.3) is 0 Å². The van der Waals surface area contributed by atoms with E-state index in [2.05, 4.69) is 5.10 Å². The summed E-state index contributed by atoms with van der Waals surface area (Å²) in [6.45, 7) is -0.0487. The Morgan fingerprint density at radius 2 is 2.00 bits per heavy atom. The molecule has 0 radical (unpaired) electrons. The third-order valence-corrected chi connectivity index (χ3v) is 3.20. The molecule has 0 saturated heterocycles. The van der Waals surface area contributed by atoms with Crippen LogP contribution in [0.1, 0.15) is 5.56 Å². The number of nitrogens with zero attached hydrogens (tertiary/aromatic N) is 3. The van der Waals surface area contributed by atoms with E-state index in [1.54, 1.807) is 18.2 Å². The molecule has 19 heavy (non-hydrogen) atoms. The van der Waals surface area contributed by atoms with Gasteiger partial charge in [-0.15, -0.1) is 0 Å². The standard InChI is InChI=1S/C11H7Cl2N3O3/c12-8-5-14-15(11(17)10(8)13)6-7-3-1-2-4-9(7)16(18)19/h1-5H,6H2. The summed E-state index contributed by atoms with van der Waals surface area (Å²) in [7, 11) is 0. The Morgan fingerprint density at radius 3 is 2.68 bits per heavy atom. The van der Waals surface area contributed by atoms with Crippen molar-refractivity contribution in [1.82, 2.24) is 9.78 Å². The SMILES string of the molecule is O=c1c(Cl)c(Cl)cnn1Cc1ccccc1[N+](=O)[O-]. The molecule has 98 valence electrons. The number of rotatable bonds is 3. The van der Waals surface area contributed by atoms with Gasteiger partial charge in [0.25, 0.3) is 11.2 Å². The first-order valence-electron chi connectivity index (χ1n) is 5.14. The van der Waals surface area contributed by atoms with Crippen molar-refractivity contribution in [2.24, 2.45) is 0 Å². The molecule has 0 bridgehead atoms. The third-order valence-electron chi connectivity index (χ3n) is 2.45. The lowest BCUT2D eigenvalue weighted by molar-refractivity contribution is -0.385. The number of benzene rings is 1. The van der Waals surface area contributed by atoms with Gasteiger partial charge in [0, 0.05) is 6.07 Å². The average molecular weight is 300 g/mol. The summed E-state index contributed by atoms with van der Waals surface area (Å²) in [6.07, 6.45) is 1.22. The van der Waals surface area contributed by atoms with Gasteiger partial charge in [0.2, 0.25) is 0 Å². The summed E-state index contributed by atoms with van der Waals surface area (Å²) >= 11 is 11.4. The molecular formula is C11H7Cl2N3O3. The number of nitro groups is 1. The number of halogens is 2. The van der Waals surface area contributed by atoms with Crippen molar-refractivity contribution < 1.29 is 4.92 Å². The summed E-state index contributed by atoms with van der Waals surface area (Å²) in [5.41, 5.74) is -0.310. The minimum absolute atomic E-state index is 0.0467. The molecule has 0 fully saturated rings. The normalized spacial score (nSPS) is 10.4. The number of aromatic nitrogens is 2. The molecule has 6 nitrogen and oxygen atoms in total. The molecule has 0 spiro atoms. The van der Waals surface area contributed by atoms with Crippen molar-refractivity contribution in [3.05, 3.63) is 66.5 Å². The average Bonchev–Trinajstić information content (AvgIpc) is 2.40. The van der Waals surface area contributed by atoms with Crippen LogP contribution in [0.4, 0.5) is 5.69 Å². The first kappa shape index (κ1) is 13.5. The van der Waals surface area contributed by atoms with Gasteiger partial charge in [-0.05, 0) is 0 Å². The van der Waals surface area contributed by atoms with Crippen LogP contribution < -0.4 is 5.56 Å². The van der Waals surface area contributed by atoms with E-state index in [-0.39, 0.29) is 22.3 Å². The van der Waals surface area contributed by atoms with Gasteiger partial charge in [-0.25, -0.2) is 4.68 Å². The second kappa shape index (κ2) is 5.38. The van der Waals surface area contributed by atoms with E-state index in [9.17, 15) is 14.9 Å². The van der Waals surface area contributed by atoms with Crippen molar-refractivity contribution in [2.45, 2.75) is 6.54 Å². The number of hydrogen-bond donors (Lipinski definition) is 0. The number of hydrogen-bond acceptors (Lipinski definition) is 4. The molecule has 1 heterocycles. The molecule has 8 heteroatoms. The largest absolute Gasteiger partial charge is 0.287 e. The molecular weight excluding hydrogens is 293 g/mol. The van der Waals surface area contributed by atoms with Crippen LogP contribution in [0.5, 0.6) is 0 Å². The van der Waals surface area contributed by atoms with E-state index in [1.807, 2.05) is 0 Å². The first-order chi connectivity index (χ1) is 9.00. The topological polar surface area (TPSA) is 78.0 Å². The highest BCUT2D eigenvalue weighted by molar-refractivity contribution is 6.41. The summed E-state index contributed by atoms with van der Waals surface area (Å²) in [5, 5.41) is 14.6. The molecule has 0 aliphatic rings. The van der Waals surface area contributed by atoms with E-state index < -0.39 is 10.5 Å². The van der Waals surface area contributed by atoms with Crippen LogP contribution in [0.2, 0.25) is 10.0 Å². The van der Waals surface area contributed by atoms with Crippen LogP contribution in [0, 0.1) is 10.1 Å². The summed E-state index contributed by atoms with van der Waals surface area (Å²) in [6, 6.07) is 6.10. The van der Waals surface area contributed by atoms with Crippen molar-refractivity contribution >= 4 is 28.9 Å². The molecule has 2 rings (SSSR count). The second-order valence-electron chi connectivity index (χ2n) is 3.66. The zero-order valence-corrected chi connectivity index (χ0v) is 10.9. The van der Waals surface area contributed by atoms with Crippen LogP contribution in [-0.4, -0.2) is 14.7 Å². The maximum atomic E-state index is 11.8.